The van der Waals surface area contributed by atoms with Crippen molar-refractivity contribution < 1.29 is 23.1 Å². The molecule has 0 saturated carbocycles. The van der Waals surface area contributed by atoms with E-state index in [1.54, 1.807) is 6.07 Å². The number of hydrogen-bond acceptors (Lipinski definition) is 3. The van der Waals surface area contributed by atoms with Crippen molar-refractivity contribution in [2.45, 2.75) is 6.92 Å². The van der Waals surface area contributed by atoms with E-state index >= 15 is 0 Å². The van der Waals surface area contributed by atoms with Crippen molar-refractivity contribution in [3.8, 4) is 5.75 Å². The van der Waals surface area contributed by atoms with Gasteiger partial charge in [-0.15, -0.1) is 0 Å². The Bertz CT molecular complexity index is 812. The topological polar surface area (TPSA) is 67.4 Å². The Balaban J connectivity index is 2.34. The summed E-state index contributed by atoms with van der Waals surface area (Å²) in [5, 5.41) is 4.81. The van der Waals surface area contributed by atoms with Crippen molar-refractivity contribution in [3.05, 3.63) is 52.6 Å². The zero-order valence-corrected chi connectivity index (χ0v) is 13.5. The quantitative estimate of drug-likeness (QED) is 0.820. The third-order valence-corrected chi connectivity index (χ3v) is 3.34. The number of halogens is 3. The van der Waals surface area contributed by atoms with Gasteiger partial charge in [0.1, 0.15) is 5.75 Å². The second-order valence-electron chi connectivity index (χ2n) is 4.80. The summed E-state index contributed by atoms with van der Waals surface area (Å²) in [4.78, 5) is 23.4. The minimum Gasteiger partial charge on any atom is -0.495 e. The number of methoxy groups -OCH3 is 1. The molecule has 126 valence electrons. The Hall–Kier alpha value is -2.67. The maximum Gasteiger partial charge on any atom is 0.257 e. The Labute approximate surface area is 141 Å². The molecule has 0 aliphatic carbocycles. The highest BCUT2D eigenvalue weighted by atomic mass is 35.5. The number of carbonyl (C=O) groups excluding carboxylic acids is 2. The number of carbonyl (C=O) groups is 2. The summed E-state index contributed by atoms with van der Waals surface area (Å²) in [6.45, 7) is 1.34. The van der Waals surface area contributed by atoms with Crippen molar-refractivity contribution in [2.24, 2.45) is 0 Å². The molecule has 2 aromatic rings. The molecule has 2 amide bonds. The molecule has 0 aliphatic heterocycles. The van der Waals surface area contributed by atoms with Gasteiger partial charge in [-0.25, -0.2) is 8.78 Å². The van der Waals surface area contributed by atoms with Crippen LogP contribution in [0.5, 0.6) is 5.75 Å². The summed E-state index contributed by atoms with van der Waals surface area (Å²) in [6.07, 6.45) is 0. The molecule has 5 nitrogen and oxygen atoms in total. The largest absolute Gasteiger partial charge is 0.495 e. The van der Waals surface area contributed by atoms with Crippen molar-refractivity contribution in [3.63, 3.8) is 0 Å². The number of hydrogen-bond donors (Lipinski definition) is 2. The molecular weight excluding hydrogens is 342 g/mol. The van der Waals surface area contributed by atoms with Crippen molar-refractivity contribution >= 4 is 34.8 Å². The smallest absolute Gasteiger partial charge is 0.257 e. The number of benzene rings is 2. The molecule has 0 spiro atoms. The molecular formula is C16H13ClF2N2O3. The summed E-state index contributed by atoms with van der Waals surface area (Å²) in [6, 6.07) is 6.01. The Morgan fingerprint density at radius 3 is 2.38 bits per heavy atom. The van der Waals surface area contributed by atoms with Crippen LogP contribution < -0.4 is 15.4 Å². The molecule has 8 heteroatoms. The maximum absolute atomic E-state index is 13.3. The maximum atomic E-state index is 13.3. The average molecular weight is 355 g/mol. The number of ether oxygens (including phenoxy) is 1. The minimum absolute atomic E-state index is 0.231. The van der Waals surface area contributed by atoms with Gasteiger partial charge in [0.2, 0.25) is 5.91 Å². The summed E-state index contributed by atoms with van der Waals surface area (Å²) < 4.78 is 31.5. The first-order valence-electron chi connectivity index (χ1n) is 6.73. The number of anilines is 2. The predicted octanol–water partition coefficient (Wildman–Crippen LogP) is 3.84. The molecule has 2 aromatic carbocycles. The van der Waals surface area contributed by atoms with Gasteiger partial charge in [-0.1, -0.05) is 11.6 Å². The molecule has 0 heterocycles. The lowest BCUT2D eigenvalue weighted by Gasteiger charge is -2.13. The van der Waals surface area contributed by atoms with Crippen molar-refractivity contribution in [1.29, 1.82) is 0 Å². The molecule has 0 saturated heterocycles. The van der Waals surface area contributed by atoms with Gasteiger partial charge in [-0.05, 0) is 30.3 Å². The van der Waals surface area contributed by atoms with Crippen LogP contribution in [0.1, 0.15) is 17.3 Å². The van der Waals surface area contributed by atoms with E-state index in [1.165, 1.54) is 26.2 Å². The first kappa shape index (κ1) is 17.7. The second kappa shape index (κ2) is 7.27. The molecule has 0 unspecified atom stereocenters. The van der Waals surface area contributed by atoms with Crippen molar-refractivity contribution in [2.75, 3.05) is 17.7 Å². The SMILES string of the molecule is COc1ccc(NC(C)=O)cc1NC(=O)c1cc(F)c(F)cc1Cl. The predicted molar refractivity (Wildman–Crippen MR) is 86.6 cm³/mol. The zero-order chi connectivity index (χ0) is 17.9. The van der Waals surface area contributed by atoms with Crippen LogP contribution in [0, 0.1) is 11.6 Å². The van der Waals surface area contributed by atoms with Gasteiger partial charge in [-0.3, -0.25) is 9.59 Å². The first-order chi connectivity index (χ1) is 11.3. The summed E-state index contributed by atoms with van der Waals surface area (Å²) in [5.41, 5.74) is 0.423. The fourth-order valence-corrected chi connectivity index (χ4v) is 2.21. The normalized spacial score (nSPS) is 10.2. The van der Waals surface area contributed by atoms with Gasteiger partial charge in [0, 0.05) is 12.6 Å². The highest BCUT2D eigenvalue weighted by Crippen LogP contribution is 2.29. The lowest BCUT2D eigenvalue weighted by atomic mass is 10.2. The zero-order valence-electron chi connectivity index (χ0n) is 12.7. The molecule has 0 radical (unpaired) electrons. The third-order valence-electron chi connectivity index (χ3n) is 3.02. The highest BCUT2D eigenvalue weighted by molar-refractivity contribution is 6.34. The van der Waals surface area contributed by atoms with Crippen LogP contribution in [-0.2, 0) is 4.79 Å². The van der Waals surface area contributed by atoms with E-state index in [1.807, 2.05) is 0 Å². The Morgan fingerprint density at radius 1 is 1.08 bits per heavy atom. The number of amides is 2. The van der Waals surface area contributed by atoms with Crippen LogP contribution in [-0.4, -0.2) is 18.9 Å². The lowest BCUT2D eigenvalue weighted by molar-refractivity contribution is -0.114. The fourth-order valence-electron chi connectivity index (χ4n) is 1.97. The standard InChI is InChI=1S/C16H13ClF2N2O3/c1-8(22)20-9-3-4-15(24-2)14(5-9)21-16(23)10-6-12(18)13(19)7-11(10)17/h3-7H,1-2H3,(H,20,22)(H,21,23). The minimum atomic E-state index is -1.19. The monoisotopic (exact) mass is 354 g/mol. The van der Waals surface area contributed by atoms with Crippen LogP contribution in [0.25, 0.3) is 0 Å². The van der Waals surface area contributed by atoms with Crippen LogP contribution in [0.2, 0.25) is 5.02 Å². The molecule has 0 atom stereocenters. The lowest BCUT2D eigenvalue weighted by Crippen LogP contribution is -2.14. The molecule has 2 N–H and O–H groups in total. The number of nitrogens with one attached hydrogen (secondary N) is 2. The summed E-state index contributed by atoms with van der Waals surface area (Å²) in [7, 11) is 1.40. The Morgan fingerprint density at radius 2 is 1.75 bits per heavy atom. The molecule has 24 heavy (non-hydrogen) atoms. The van der Waals surface area contributed by atoms with E-state index in [0.717, 1.165) is 6.07 Å². The van der Waals surface area contributed by atoms with Gasteiger partial charge in [-0.2, -0.15) is 0 Å². The van der Waals surface area contributed by atoms with Gasteiger partial charge < -0.3 is 15.4 Å². The molecule has 0 aromatic heterocycles. The molecule has 2 rings (SSSR count). The van der Waals surface area contributed by atoms with E-state index < -0.39 is 17.5 Å². The van der Waals surface area contributed by atoms with Crippen LogP contribution >= 0.6 is 11.6 Å². The van der Waals surface area contributed by atoms with E-state index in [-0.39, 0.29) is 22.2 Å². The number of rotatable bonds is 4. The average Bonchev–Trinajstić information content (AvgIpc) is 2.50. The third kappa shape index (κ3) is 3.99. The fraction of sp³-hybridized carbons (Fsp3) is 0.125. The van der Waals surface area contributed by atoms with Gasteiger partial charge in [0.05, 0.1) is 23.4 Å². The van der Waals surface area contributed by atoms with E-state index in [9.17, 15) is 18.4 Å². The molecule has 0 aliphatic rings. The van der Waals surface area contributed by atoms with Crippen LogP contribution in [0.15, 0.2) is 30.3 Å². The molecule has 0 fully saturated rings. The highest BCUT2D eigenvalue weighted by Gasteiger charge is 2.17. The second-order valence-corrected chi connectivity index (χ2v) is 5.20. The van der Waals surface area contributed by atoms with Gasteiger partial charge in [0.25, 0.3) is 5.91 Å². The van der Waals surface area contributed by atoms with E-state index in [2.05, 4.69) is 10.6 Å². The molecule has 0 bridgehead atoms. The van der Waals surface area contributed by atoms with E-state index in [0.29, 0.717) is 17.5 Å². The van der Waals surface area contributed by atoms with Gasteiger partial charge in [0.15, 0.2) is 11.6 Å². The first-order valence-corrected chi connectivity index (χ1v) is 7.11. The van der Waals surface area contributed by atoms with E-state index in [4.69, 9.17) is 16.3 Å². The van der Waals surface area contributed by atoms with Crippen molar-refractivity contribution in [1.82, 2.24) is 0 Å². The van der Waals surface area contributed by atoms with Crippen LogP contribution in [0.3, 0.4) is 0 Å². The van der Waals surface area contributed by atoms with Crippen LogP contribution in [0.4, 0.5) is 20.2 Å². The Kier molecular flexibility index (Phi) is 5.35. The summed E-state index contributed by atoms with van der Waals surface area (Å²) >= 11 is 5.78. The summed E-state index contributed by atoms with van der Waals surface area (Å²) in [5.74, 6) is -3.07. The van der Waals surface area contributed by atoms with Gasteiger partial charge >= 0.3 is 0 Å².